The van der Waals surface area contributed by atoms with Gasteiger partial charge in [-0.25, -0.2) is 0 Å². The van der Waals surface area contributed by atoms with Crippen molar-refractivity contribution in [1.29, 1.82) is 0 Å². The van der Waals surface area contributed by atoms with Crippen LogP contribution in [0.1, 0.15) is 18.9 Å². The lowest BCUT2D eigenvalue weighted by molar-refractivity contribution is -0.121. The van der Waals surface area contributed by atoms with Crippen LogP contribution in [-0.4, -0.2) is 30.8 Å². The number of amides is 1. The van der Waals surface area contributed by atoms with E-state index in [-0.39, 0.29) is 25.0 Å². The lowest BCUT2D eigenvalue weighted by Crippen LogP contribution is -2.37. The van der Waals surface area contributed by atoms with Gasteiger partial charge in [0.05, 0.1) is 26.2 Å². The van der Waals surface area contributed by atoms with Crippen molar-refractivity contribution < 1.29 is 14.6 Å². The van der Waals surface area contributed by atoms with Crippen LogP contribution in [0.5, 0.6) is 5.75 Å². The third-order valence-corrected chi connectivity index (χ3v) is 2.91. The van der Waals surface area contributed by atoms with Crippen molar-refractivity contribution in [2.24, 2.45) is 0 Å². The number of aliphatic hydroxyl groups is 1. The summed E-state index contributed by atoms with van der Waals surface area (Å²) in [6, 6.07) is 4.95. The molecule has 1 aromatic carbocycles. The number of halogens is 1. The van der Waals surface area contributed by atoms with Crippen LogP contribution in [0.3, 0.4) is 0 Å². The van der Waals surface area contributed by atoms with Gasteiger partial charge in [-0.05, 0) is 24.6 Å². The van der Waals surface area contributed by atoms with E-state index in [4.69, 9.17) is 21.4 Å². The van der Waals surface area contributed by atoms with Crippen LogP contribution in [0.15, 0.2) is 18.2 Å². The smallest absolute Gasteiger partial charge is 0.224 e. The zero-order chi connectivity index (χ0) is 13.5. The van der Waals surface area contributed by atoms with Gasteiger partial charge in [0.25, 0.3) is 0 Å². The summed E-state index contributed by atoms with van der Waals surface area (Å²) in [4.78, 5) is 11.8. The third-order valence-electron chi connectivity index (χ3n) is 2.67. The molecule has 0 spiro atoms. The molecule has 18 heavy (non-hydrogen) atoms. The highest BCUT2D eigenvalue weighted by atomic mass is 35.5. The number of hydrogen-bond donors (Lipinski definition) is 2. The average Bonchev–Trinajstić information content (AvgIpc) is 2.36. The Balaban J connectivity index is 2.71. The molecule has 0 bridgehead atoms. The van der Waals surface area contributed by atoms with Gasteiger partial charge in [-0.3, -0.25) is 4.79 Å². The Bertz CT molecular complexity index is 405. The van der Waals surface area contributed by atoms with Crippen LogP contribution in [-0.2, 0) is 11.2 Å². The number of methoxy groups -OCH3 is 1. The fraction of sp³-hybridized carbons (Fsp3) is 0.462. The van der Waals surface area contributed by atoms with E-state index in [9.17, 15) is 4.79 Å². The van der Waals surface area contributed by atoms with Gasteiger partial charge in [0.15, 0.2) is 0 Å². The summed E-state index contributed by atoms with van der Waals surface area (Å²) < 4.78 is 5.17. The van der Waals surface area contributed by atoms with E-state index in [2.05, 4.69) is 5.32 Å². The lowest BCUT2D eigenvalue weighted by Gasteiger charge is -2.15. The molecule has 1 aromatic rings. The number of carbonyl (C=O) groups excluding carboxylic acids is 1. The summed E-state index contributed by atoms with van der Waals surface area (Å²) >= 11 is 5.89. The highest BCUT2D eigenvalue weighted by Gasteiger charge is 2.12. The lowest BCUT2D eigenvalue weighted by atomic mass is 10.1. The highest BCUT2D eigenvalue weighted by molar-refractivity contribution is 6.30. The summed E-state index contributed by atoms with van der Waals surface area (Å²) in [5, 5.41) is 12.3. The molecule has 100 valence electrons. The minimum absolute atomic E-state index is 0.0606. The third kappa shape index (κ3) is 4.20. The Hall–Kier alpha value is -1.26. The zero-order valence-corrected chi connectivity index (χ0v) is 11.3. The predicted octanol–water partition coefficient (Wildman–Crippen LogP) is 1.78. The van der Waals surface area contributed by atoms with Crippen LogP contribution in [0.2, 0.25) is 5.02 Å². The molecule has 0 aliphatic rings. The molecule has 1 atom stereocenters. The molecule has 4 nitrogen and oxygen atoms in total. The molecule has 5 heteroatoms. The minimum atomic E-state index is -0.206. The molecule has 1 rings (SSSR count). The Morgan fingerprint density at radius 3 is 2.83 bits per heavy atom. The summed E-state index contributed by atoms with van der Waals surface area (Å²) in [5.41, 5.74) is 0.732. The maximum absolute atomic E-state index is 11.8. The standard InChI is InChI=1S/C13H18ClNO3/c1-3-11(8-16)15-13(17)7-9-6-10(14)4-5-12(9)18-2/h4-6,11,16H,3,7-8H2,1-2H3,(H,15,17)/t11-/m1/s1. The van der Waals surface area contributed by atoms with Gasteiger partial charge in [-0.15, -0.1) is 0 Å². The van der Waals surface area contributed by atoms with Gasteiger partial charge in [0.2, 0.25) is 5.91 Å². The van der Waals surface area contributed by atoms with Crippen molar-refractivity contribution in [3.63, 3.8) is 0 Å². The van der Waals surface area contributed by atoms with Crippen molar-refractivity contribution in [3.8, 4) is 5.75 Å². The Labute approximate surface area is 112 Å². The van der Waals surface area contributed by atoms with Crippen molar-refractivity contribution in [3.05, 3.63) is 28.8 Å². The number of benzene rings is 1. The van der Waals surface area contributed by atoms with Gasteiger partial charge in [-0.2, -0.15) is 0 Å². The van der Waals surface area contributed by atoms with E-state index in [1.54, 1.807) is 25.3 Å². The first-order valence-corrected chi connectivity index (χ1v) is 6.21. The molecule has 0 aliphatic carbocycles. The average molecular weight is 272 g/mol. The van der Waals surface area contributed by atoms with Crippen LogP contribution in [0.25, 0.3) is 0 Å². The first kappa shape index (κ1) is 14.8. The van der Waals surface area contributed by atoms with Gasteiger partial charge in [0, 0.05) is 10.6 Å². The second-order valence-corrected chi connectivity index (χ2v) is 4.42. The molecule has 0 fully saturated rings. The quantitative estimate of drug-likeness (QED) is 0.829. The number of aliphatic hydroxyl groups excluding tert-OH is 1. The van der Waals surface area contributed by atoms with Crippen molar-refractivity contribution in [1.82, 2.24) is 5.32 Å². The maximum atomic E-state index is 11.8. The number of rotatable bonds is 6. The summed E-state index contributed by atoms with van der Waals surface area (Å²) in [6.07, 6.45) is 0.870. The van der Waals surface area contributed by atoms with E-state index in [1.807, 2.05) is 6.92 Å². The fourth-order valence-corrected chi connectivity index (χ4v) is 1.81. The molecule has 0 saturated carbocycles. The van der Waals surface area contributed by atoms with Crippen LogP contribution >= 0.6 is 11.6 Å². The monoisotopic (exact) mass is 271 g/mol. The Morgan fingerprint density at radius 1 is 1.56 bits per heavy atom. The van der Waals surface area contributed by atoms with Gasteiger partial charge in [-0.1, -0.05) is 18.5 Å². The molecular formula is C13H18ClNO3. The first-order chi connectivity index (χ1) is 8.60. The Morgan fingerprint density at radius 2 is 2.28 bits per heavy atom. The van der Waals surface area contributed by atoms with Crippen molar-refractivity contribution in [2.75, 3.05) is 13.7 Å². The zero-order valence-electron chi connectivity index (χ0n) is 10.6. The molecule has 2 N–H and O–H groups in total. The first-order valence-electron chi connectivity index (χ1n) is 5.83. The van der Waals surface area contributed by atoms with Crippen molar-refractivity contribution in [2.45, 2.75) is 25.8 Å². The number of nitrogens with one attached hydrogen (secondary N) is 1. The number of hydrogen-bond acceptors (Lipinski definition) is 3. The van der Waals surface area contributed by atoms with Gasteiger partial charge >= 0.3 is 0 Å². The van der Waals surface area contributed by atoms with E-state index >= 15 is 0 Å². The number of carbonyl (C=O) groups is 1. The summed E-state index contributed by atoms with van der Waals surface area (Å²) in [6.45, 7) is 1.84. The van der Waals surface area contributed by atoms with Crippen LogP contribution in [0, 0.1) is 0 Å². The largest absolute Gasteiger partial charge is 0.496 e. The van der Waals surface area contributed by atoms with Gasteiger partial charge in [0.1, 0.15) is 5.75 Å². The van der Waals surface area contributed by atoms with E-state index in [1.165, 1.54) is 0 Å². The van der Waals surface area contributed by atoms with Crippen molar-refractivity contribution >= 4 is 17.5 Å². The fourth-order valence-electron chi connectivity index (χ4n) is 1.61. The predicted molar refractivity (Wildman–Crippen MR) is 71.0 cm³/mol. The normalized spacial score (nSPS) is 12.0. The SMILES string of the molecule is CC[C@H](CO)NC(=O)Cc1cc(Cl)ccc1OC. The van der Waals surface area contributed by atoms with E-state index < -0.39 is 0 Å². The molecule has 0 heterocycles. The van der Waals surface area contributed by atoms with E-state index in [0.29, 0.717) is 17.2 Å². The molecule has 0 saturated heterocycles. The molecule has 0 aliphatic heterocycles. The molecule has 0 unspecified atom stereocenters. The molecule has 1 amide bonds. The second kappa shape index (κ2) is 7.24. The van der Waals surface area contributed by atoms with Crippen LogP contribution < -0.4 is 10.1 Å². The van der Waals surface area contributed by atoms with Crippen LogP contribution in [0.4, 0.5) is 0 Å². The molecular weight excluding hydrogens is 254 g/mol. The molecule has 0 radical (unpaired) electrons. The second-order valence-electron chi connectivity index (χ2n) is 3.99. The summed E-state index contributed by atoms with van der Waals surface area (Å²) in [5.74, 6) is 0.475. The van der Waals surface area contributed by atoms with Gasteiger partial charge < -0.3 is 15.2 Å². The topological polar surface area (TPSA) is 58.6 Å². The molecule has 0 aromatic heterocycles. The highest BCUT2D eigenvalue weighted by Crippen LogP contribution is 2.23. The minimum Gasteiger partial charge on any atom is -0.496 e. The Kier molecular flexibility index (Phi) is 5.95. The summed E-state index contributed by atoms with van der Waals surface area (Å²) in [7, 11) is 1.55. The van der Waals surface area contributed by atoms with E-state index in [0.717, 1.165) is 5.56 Å². The maximum Gasteiger partial charge on any atom is 0.224 e. The number of ether oxygens (including phenoxy) is 1.